The molecule has 1 fully saturated rings. The van der Waals surface area contributed by atoms with Crippen LogP contribution in [0.5, 0.6) is 0 Å². The molecule has 1 aromatic carbocycles. The van der Waals surface area contributed by atoms with E-state index in [1.807, 2.05) is 40.6 Å². The molecule has 2 aromatic heterocycles. The number of nitrogens with zero attached hydrogens (tertiary/aromatic N) is 5. The summed E-state index contributed by atoms with van der Waals surface area (Å²) < 4.78 is 29.3. The molecule has 0 radical (unpaired) electrons. The number of pyridine rings is 1. The van der Waals surface area contributed by atoms with Gasteiger partial charge in [-0.05, 0) is 44.0 Å². The first kappa shape index (κ1) is 24.1. The van der Waals surface area contributed by atoms with E-state index in [2.05, 4.69) is 25.8 Å². The highest BCUT2D eigenvalue weighted by Gasteiger charge is 2.25. The molecule has 32 heavy (non-hydrogen) atoms. The van der Waals surface area contributed by atoms with Crippen LogP contribution in [0, 0.1) is 11.6 Å². The Morgan fingerprint density at radius 2 is 2.09 bits per heavy atom. The topological polar surface area (TPSA) is 69.8 Å². The monoisotopic (exact) mass is 555 g/mol. The van der Waals surface area contributed by atoms with Crippen molar-refractivity contribution in [2.45, 2.75) is 32.2 Å². The lowest BCUT2D eigenvalue weighted by molar-refractivity contribution is 0.580. The van der Waals surface area contributed by atoms with Gasteiger partial charge in [0.2, 0.25) is 0 Å². The van der Waals surface area contributed by atoms with Crippen LogP contribution in [-0.2, 0) is 6.42 Å². The predicted molar refractivity (Wildman–Crippen MR) is 133 cm³/mol. The number of aryl methyl sites for hydroxylation is 1. The molecule has 7 nitrogen and oxygen atoms in total. The molecule has 10 heteroatoms. The normalized spacial score (nSPS) is 16.3. The smallest absolute Gasteiger partial charge is 0.191 e. The number of nitrogens with one attached hydrogen (secondary N) is 2. The van der Waals surface area contributed by atoms with Crippen LogP contribution in [0.4, 0.5) is 14.5 Å². The lowest BCUT2D eigenvalue weighted by Gasteiger charge is -2.21. The summed E-state index contributed by atoms with van der Waals surface area (Å²) in [6.45, 7) is 4.77. The van der Waals surface area contributed by atoms with Gasteiger partial charge in [-0.15, -0.1) is 34.2 Å². The van der Waals surface area contributed by atoms with E-state index in [0.29, 0.717) is 25.3 Å². The zero-order valence-electron chi connectivity index (χ0n) is 18.0. The summed E-state index contributed by atoms with van der Waals surface area (Å²) in [6.07, 6.45) is 4.46. The third kappa shape index (κ3) is 5.84. The van der Waals surface area contributed by atoms with E-state index in [4.69, 9.17) is 0 Å². The Bertz CT molecular complexity index is 1060. The van der Waals surface area contributed by atoms with Crippen LogP contribution >= 0.6 is 24.0 Å². The van der Waals surface area contributed by atoms with Gasteiger partial charge in [0.15, 0.2) is 11.6 Å². The third-order valence-corrected chi connectivity index (χ3v) is 5.34. The quantitative estimate of drug-likeness (QED) is 0.203. The molecule has 3 aromatic rings. The largest absolute Gasteiger partial charge is 0.367 e. The standard InChI is InChI=1S/C22H27F2N7.HI/c1-2-25-22(26-11-5-7-21-29-28-20-6-3-4-12-31(20)21)27-17-10-13-30(15-17)19-9-8-16(23)14-18(19)24;/h3-4,6,8-9,12,14,17H,2,5,7,10-11,13,15H2,1H3,(H2,25,26,27);1H. The molecular weight excluding hydrogens is 527 g/mol. The maximum atomic E-state index is 14.1. The summed E-state index contributed by atoms with van der Waals surface area (Å²) in [5, 5.41) is 15.1. The van der Waals surface area contributed by atoms with Crippen molar-refractivity contribution in [1.29, 1.82) is 0 Å². The minimum Gasteiger partial charge on any atom is -0.367 e. The molecule has 3 heterocycles. The highest BCUT2D eigenvalue weighted by molar-refractivity contribution is 14.0. The van der Waals surface area contributed by atoms with Gasteiger partial charge >= 0.3 is 0 Å². The van der Waals surface area contributed by atoms with Gasteiger partial charge in [0.25, 0.3) is 0 Å². The maximum Gasteiger partial charge on any atom is 0.191 e. The van der Waals surface area contributed by atoms with Gasteiger partial charge in [-0.25, -0.2) is 8.78 Å². The Balaban J connectivity index is 0.00000289. The molecule has 2 N–H and O–H groups in total. The highest BCUT2D eigenvalue weighted by Crippen LogP contribution is 2.24. The summed E-state index contributed by atoms with van der Waals surface area (Å²) in [5.41, 5.74) is 1.28. The maximum absolute atomic E-state index is 14.1. The fourth-order valence-corrected chi connectivity index (χ4v) is 3.84. The zero-order valence-corrected chi connectivity index (χ0v) is 20.3. The molecule has 1 atom stereocenters. The Hall–Kier alpha value is -2.50. The molecule has 0 saturated carbocycles. The number of aromatic nitrogens is 3. The number of anilines is 1. The summed E-state index contributed by atoms with van der Waals surface area (Å²) in [7, 11) is 0. The van der Waals surface area contributed by atoms with Gasteiger partial charge in [0.1, 0.15) is 17.5 Å². The van der Waals surface area contributed by atoms with Crippen molar-refractivity contribution < 1.29 is 8.78 Å². The second kappa shape index (κ2) is 11.4. The Labute approximate surface area is 203 Å². The van der Waals surface area contributed by atoms with Crippen LogP contribution in [0.15, 0.2) is 47.6 Å². The first-order chi connectivity index (χ1) is 15.1. The Morgan fingerprint density at radius 3 is 2.91 bits per heavy atom. The van der Waals surface area contributed by atoms with Gasteiger partial charge in [-0.3, -0.25) is 9.39 Å². The van der Waals surface area contributed by atoms with Gasteiger partial charge in [0.05, 0.1) is 5.69 Å². The zero-order chi connectivity index (χ0) is 21.6. The van der Waals surface area contributed by atoms with E-state index >= 15 is 0 Å². The van der Waals surface area contributed by atoms with E-state index in [1.165, 1.54) is 12.1 Å². The van der Waals surface area contributed by atoms with Crippen LogP contribution in [0.1, 0.15) is 25.6 Å². The average molecular weight is 555 g/mol. The van der Waals surface area contributed by atoms with Crippen molar-refractivity contribution >= 4 is 41.3 Å². The number of guanidine groups is 1. The van der Waals surface area contributed by atoms with Gasteiger partial charge in [0, 0.05) is 50.9 Å². The highest BCUT2D eigenvalue weighted by atomic mass is 127. The fraction of sp³-hybridized carbons (Fsp3) is 0.409. The molecule has 1 saturated heterocycles. The number of fused-ring (bicyclic) bond motifs is 1. The molecule has 4 rings (SSSR count). The average Bonchev–Trinajstić information content (AvgIpc) is 3.38. The Kier molecular flexibility index (Phi) is 8.60. The van der Waals surface area contributed by atoms with Crippen LogP contribution in [0.3, 0.4) is 0 Å². The SMILES string of the molecule is CCNC(=NCCCc1nnc2ccccn12)NC1CCN(c2ccc(F)cc2F)C1.I. The Morgan fingerprint density at radius 1 is 1.22 bits per heavy atom. The number of benzene rings is 1. The molecular formula is C22H28F2IN7. The lowest BCUT2D eigenvalue weighted by atomic mass is 10.2. The van der Waals surface area contributed by atoms with Gasteiger partial charge < -0.3 is 15.5 Å². The number of halogens is 3. The first-order valence-corrected chi connectivity index (χ1v) is 10.7. The van der Waals surface area contributed by atoms with Gasteiger partial charge in [-0.2, -0.15) is 0 Å². The van der Waals surface area contributed by atoms with E-state index in [-0.39, 0.29) is 30.0 Å². The molecule has 1 aliphatic rings. The summed E-state index contributed by atoms with van der Waals surface area (Å²) in [5.74, 6) is 0.592. The second-order valence-electron chi connectivity index (χ2n) is 7.58. The molecule has 172 valence electrons. The minimum atomic E-state index is -0.559. The number of aliphatic imine (C=N–C) groups is 1. The number of hydrogen-bond donors (Lipinski definition) is 2. The van der Waals surface area contributed by atoms with Crippen molar-refractivity contribution in [3.05, 3.63) is 60.1 Å². The van der Waals surface area contributed by atoms with Crippen LogP contribution in [0.25, 0.3) is 5.65 Å². The van der Waals surface area contributed by atoms with Crippen LogP contribution in [0.2, 0.25) is 0 Å². The first-order valence-electron chi connectivity index (χ1n) is 10.7. The third-order valence-electron chi connectivity index (χ3n) is 5.34. The van der Waals surface area contributed by atoms with E-state index in [1.54, 1.807) is 0 Å². The van der Waals surface area contributed by atoms with E-state index in [9.17, 15) is 8.78 Å². The summed E-state index contributed by atoms with van der Waals surface area (Å²) >= 11 is 0. The molecule has 1 aliphatic heterocycles. The summed E-state index contributed by atoms with van der Waals surface area (Å²) in [4.78, 5) is 6.62. The van der Waals surface area contributed by atoms with Gasteiger partial charge in [-0.1, -0.05) is 6.07 Å². The molecule has 0 aliphatic carbocycles. The number of rotatable bonds is 7. The van der Waals surface area contributed by atoms with Crippen molar-refractivity contribution in [2.75, 3.05) is 31.1 Å². The van der Waals surface area contributed by atoms with Crippen molar-refractivity contribution in [3.63, 3.8) is 0 Å². The molecule has 0 spiro atoms. The number of hydrogen-bond acceptors (Lipinski definition) is 4. The predicted octanol–water partition coefficient (Wildman–Crippen LogP) is 3.39. The van der Waals surface area contributed by atoms with E-state index in [0.717, 1.165) is 49.3 Å². The van der Waals surface area contributed by atoms with Crippen molar-refractivity contribution in [2.24, 2.45) is 4.99 Å². The van der Waals surface area contributed by atoms with Crippen LogP contribution in [-0.4, -0.2) is 52.8 Å². The molecule has 0 bridgehead atoms. The second-order valence-corrected chi connectivity index (χ2v) is 7.58. The van der Waals surface area contributed by atoms with Crippen molar-refractivity contribution in [3.8, 4) is 0 Å². The molecule has 0 amide bonds. The lowest BCUT2D eigenvalue weighted by Crippen LogP contribution is -2.44. The van der Waals surface area contributed by atoms with Crippen LogP contribution < -0.4 is 15.5 Å². The fourth-order valence-electron chi connectivity index (χ4n) is 3.84. The van der Waals surface area contributed by atoms with E-state index < -0.39 is 11.6 Å². The van der Waals surface area contributed by atoms with Crippen molar-refractivity contribution in [1.82, 2.24) is 25.2 Å². The minimum absolute atomic E-state index is 0. The molecule has 1 unspecified atom stereocenters. The summed E-state index contributed by atoms with van der Waals surface area (Å²) in [6, 6.07) is 9.71.